The molecule has 3 rings (SSSR count). The minimum atomic E-state index is -0.442. The van der Waals surface area contributed by atoms with Crippen molar-refractivity contribution >= 4 is 33.6 Å². The lowest BCUT2D eigenvalue weighted by Gasteiger charge is -2.08. The Kier molecular flexibility index (Phi) is 5.53. The van der Waals surface area contributed by atoms with Crippen molar-refractivity contribution in [3.8, 4) is 11.9 Å². The molecule has 0 bridgehead atoms. The molecule has 1 aromatic carbocycles. The van der Waals surface area contributed by atoms with Gasteiger partial charge in [0.05, 0.1) is 0 Å². The summed E-state index contributed by atoms with van der Waals surface area (Å²) in [6.07, 6.45) is 3.34. The van der Waals surface area contributed by atoms with Crippen LogP contribution in [-0.2, 0) is 4.79 Å². The molecule has 134 valence electrons. The number of aromatic nitrogens is 2. The van der Waals surface area contributed by atoms with E-state index in [-0.39, 0.29) is 5.57 Å². The Hall–Kier alpha value is -3.17. The number of hydrogen-bond donors (Lipinski definition) is 1. The molecule has 0 spiro atoms. The second-order valence-corrected chi connectivity index (χ2v) is 6.90. The first kappa shape index (κ1) is 18.6. The normalized spacial score (nSPS) is 11.1. The number of nitriles is 1. The molecule has 0 aliphatic carbocycles. The highest BCUT2D eigenvalue weighted by atomic mass is 79.9. The molecular weight excluding hydrogens is 404 g/mol. The number of aryl methyl sites for hydroxylation is 1. The quantitative estimate of drug-likeness (QED) is 0.486. The van der Waals surface area contributed by atoms with Gasteiger partial charge < -0.3 is 9.88 Å². The van der Waals surface area contributed by atoms with Crippen molar-refractivity contribution < 1.29 is 4.79 Å². The second-order valence-electron chi connectivity index (χ2n) is 5.98. The summed E-state index contributed by atoms with van der Waals surface area (Å²) in [7, 11) is 0. The summed E-state index contributed by atoms with van der Waals surface area (Å²) in [5.41, 5.74) is 3.36. The third-order valence-corrected chi connectivity index (χ3v) is 4.64. The third-order valence-electron chi connectivity index (χ3n) is 4.12. The highest BCUT2D eigenvalue weighted by molar-refractivity contribution is 9.10. The Balaban J connectivity index is 1.91. The van der Waals surface area contributed by atoms with E-state index in [4.69, 9.17) is 0 Å². The van der Waals surface area contributed by atoms with Gasteiger partial charge >= 0.3 is 0 Å². The first-order chi connectivity index (χ1) is 13.0. The van der Waals surface area contributed by atoms with Gasteiger partial charge in [-0.05, 0) is 68.0 Å². The molecule has 0 unspecified atom stereocenters. The van der Waals surface area contributed by atoms with Crippen LogP contribution in [0.1, 0.15) is 17.0 Å². The van der Waals surface area contributed by atoms with E-state index >= 15 is 0 Å². The molecule has 6 heteroatoms. The maximum absolute atomic E-state index is 12.5. The number of rotatable bonds is 4. The molecule has 5 nitrogen and oxygen atoms in total. The first-order valence-corrected chi connectivity index (χ1v) is 9.08. The number of amides is 1. The fourth-order valence-electron chi connectivity index (χ4n) is 2.81. The van der Waals surface area contributed by atoms with E-state index in [0.717, 1.165) is 27.2 Å². The van der Waals surface area contributed by atoms with Gasteiger partial charge in [0.25, 0.3) is 5.91 Å². The fraction of sp³-hybridized carbons (Fsp3) is 0.0952. The number of carbonyl (C=O) groups is 1. The molecule has 1 amide bonds. The smallest absolute Gasteiger partial charge is 0.266 e. The molecule has 0 saturated heterocycles. The summed E-state index contributed by atoms with van der Waals surface area (Å²) in [6.45, 7) is 3.90. The van der Waals surface area contributed by atoms with Crippen LogP contribution in [0.15, 0.2) is 64.8 Å². The predicted octanol–water partition coefficient (Wildman–Crippen LogP) is 4.80. The molecule has 0 aliphatic heterocycles. The Morgan fingerprint density at radius 3 is 2.59 bits per heavy atom. The molecular formula is C21H17BrN4O. The highest BCUT2D eigenvalue weighted by Crippen LogP contribution is 2.22. The zero-order valence-corrected chi connectivity index (χ0v) is 16.5. The first-order valence-electron chi connectivity index (χ1n) is 8.28. The molecule has 0 aliphatic rings. The molecule has 27 heavy (non-hydrogen) atoms. The molecule has 0 atom stereocenters. The van der Waals surface area contributed by atoms with Crippen molar-refractivity contribution in [3.05, 3.63) is 81.7 Å². The third kappa shape index (κ3) is 4.15. The number of nitrogens with one attached hydrogen (secondary N) is 1. The Labute approximate surface area is 166 Å². The topological polar surface area (TPSA) is 70.7 Å². The molecule has 0 fully saturated rings. The van der Waals surface area contributed by atoms with E-state index in [2.05, 4.69) is 26.2 Å². The predicted molar refractivity (Wildman–Crippen MR) is 109 cm³/mol. The monoisotopic (exact) mass is 420 g/mol. The number of carbonyl (C=O) groups excluding carboxylic acids is 1. The zero-order chi connectivity index (χ0) is 19.4. The minimum absolute atomic E-state index is 0.0409. The maximum atomic E-state index is 12.5. The Morgan fingerprint density at radius 1 is 1.22 bits per heavy atom. The lowest BCUT2D eigenvalue weighted by molar-refractivity contribution is -0.112. The summed E-state index contributed by atoms with van der Waals surface area (Å²) in [6, 6.07) is 16.8. The van der Waals surface area contributed by atoms with Gasteiger partial charge in [0, 0.05) is 27.7 Å². The van der Waals surface area contributed by atoms with Gasteiger partial charge in [-0.2, -0.15) is 5.26 Å². The lowest BCUT2D eigenvalue weighted by atomic mass is 10.1. The van der Waals surface area contributed by atoms with Crippen LogP contribution in [0.3, 0.4) is 0 Å². The van der Waals surface area contributed by atoms with Gasteiger partial charge in [-0.3, -0.25) is 4.79 Å². The van der Waals surface area contributed by atoms with Crippen LogP contribution < -0.4 is 5.32 Å². The molecule has 3 aromatic rings. The summed E-state index contributed by atoms with van der Waals surface area (Å²) in [5.74, 6) is 0.354. The van der Waals surface area contributed by atoms with Crippen molar-refractivity contribution in [1.82, 2.24) is 9.55 Å². The summed E-state index contributed by atoms with van der Waals surface area (Å²) >= 11 is 3.35. The van der Waals surface area contributed by atoms with Crippen molar-refractivity contribution in [3.63, 3.8) is 0 Å². The van der Waals surface area contributed by atoms with E-state index < -0.39 is 5.91 Å². The number of hydrogen-bond acceptors (Lipinski definition) is 3. The molecule has 0 saturated carbocycles. The standard InChI is InChI=1S/C21H17BrN4O/c1-14-11-16(15(2)26(14)20-5-3-4-10-24-20)12-17(13-23)21(27)25-19-8-6-18(22)7-9-19/h3-12H,1-2H3,(H,25,27)/b17-12-. The van der Waals surface area contributed by atoms with Gasteiger partial charge in [0.2, 0.25) is 0 Å². The average Bonchev–Trinajstić information content (AvgIpc) is 2.95. The number of halogens is 1. The van der Waals surface area contributed by atoms with E-state index in [1.165, 1.54) is 0 Å². The molecule has 2 heterocycles. The Bertz CT molecular complexity index is 1040. The van der Waals surface area contributed by atoms with Crippen LogP contribution >= 0.6 is 15.9 Å². The molecule has 1 N–H and O–H groups in total. The maximum Gasteiger partial charge on any atom is 0.266 e. The number of pyridine rings is 1. The van der Waals surface area contributed by atoms with E-state index in [1.54, 1.807) is 24.4 Å². The van der Waals surface area contributed by atoms with Crippen molar-refractivity contribution in [1.29, 1.82) is 5.26 Å². The van der Waals surface area contributed by atoms with E-state index in [0.29, 0.717) is 5.69 Å². The van der Waals surface area contributed by atoms with E-state index in [9.17, 15) is 10.1 Å². The highest BCUT2D eigenvalue weighted by Gasteiger charge is 2.14. The van der Waals surface area contributed by atoms with Crippen molar-refractivity contribution in [2.75, 3.05) is 5.32 Å². The SMILES string of the molecule is Cc1cc(/C=C(/C#N)C(=O)Nc2ccc(Br)cc2)c(C)n1-c1ccccn1. The zero-order valence-electron chi connectivity index (χ0n) is 14.9. The lowest BCUT2D eigenvalue weighted by Crippen LogP contribution is -2.13. The fourth-order valence-corrected chi connectivity index (χ4v) is 3.07. The largest absolute Gasteiger partial charge is 0.321 e. The number of benzene rings is 1. The molecule has 0 radical (unpaired) electrons. The van der Waals surface area contributed by atoms with Crippen molar-refractivity contribution in [2.24, 2.45) is 0 Å². The van der Waals surface area contributed by atoms with Crippen LogP contribution in [0, 0.1) is 25.2 Å². The Morgan fingerprint density at radius 2 is 1.96 bits per heavy atom. The van der Waals surface area contributed by atoms with Gasteiger partial charge in [-0.25, -0.2) is 4.98 Å². The summed E-state index contributed by atoms with van der Waals surface area (Å²) in [4.78, 5) is 16.8. The van der Waals surface area contributed by atoms with Crippen LogP contribution in [0.2, 0.25) is 0 Å². The van der Waals surface area contributed by atoms with Gasteiger partial charge in [-0.1, -0.05) is 22.0 Å². The molecule has 2 aromatic heterocycles. The van der Waals surface area contributed by atoms with Gasteiger partial charge in [0.15, 0.2) is 0 Å². The van der Waals surface area contributed by atoms with Crippen LogP contribution in [0.25, 0.3) is 11.9 Å². The number of nitrogens with zero attached hydrogens (tertiary/aromatic N) is 3. The second kappa shape index (κ2) is 8.02. The number of anilines is 1. The van der Waals surface area contributed by atoms with Crippen molar-refractivity contribution in [2.45, 2.75) is 13.8 Å². The van der Waals surface area contributed by atoms with Crippen LogP contribution in [0.4, 0.5) is 5.69 Å². The summed E-state index contributed by atoms with van der Waals surface area (Å²) < 4.78 is 2.91. The average molecular weight is 421 g/mol. The van der Waals surface area contributed by atoms with E-state index in [1.807, 2.05) is 60.9 Å². The van der Waals surface area contributed by atoms with Gasteiger partial charge in [-0.15, -0.1) is 0 Å². The van der Waals surface area contributed by atoms with Crippen LogP contribution in [0.5, 0.6) is 0 Å². The summed E-state index contributed by atoms with van der Waals surface area (Å²) in [5, 5.41) is 12.2. The van der Waals surface area contributed by atoms with Gasteiger partial charge in [0.1, 0.15) is 17.5 Å². The minimum Gasteiger partial charge on any atom is -0.321 e. The van der Waals surface area contributed by atoms with Crippen LogP contribution in [-0.4, -0.2) is 15.5 Å².